The molecular formula is C29H40F3N3O4. The van der Waals surface area contributed by atoms with Crippen LogP contribution in [0.3, 0.4) is 0 Å². The molecule has 1 aliphatic carbocycles. The molecule has 4 aliphatic rings. The van der Waals surface area contributed by atoms with E-state index in [4.69, 9.17) is 9.47 Å². The molecule has 216 valence electrons. The fourth-order valence-corrected chi connectivity index (χ4v) is 7.47. The smallest absolute Gasteiger partial charge is 0.379 e. The number of fused-ring (bicyclic) bond motifs is 2. The standard InChI is InChI=1S/C29H40F3N3O4/c1-18(2)8-26(36)35-15-23-10-19(9-20-5-7-39-16-25(20)38-3)12-28(23,17-35)27(37)34-6-4-24-21(14-34)11-22(13-33-24)29(30,31)32/h11,13,18-20,23,25H,4-10,12,14-17H2,1-3H3/t19-,20?,23+,25?,28+/m1/s1. The molecule has 1 saturated carbocycles. The summed E-state index contributed by atoms with van der Waals surface area (Å²) < 4.78 is 51.4. The number of amides is 2. The van der Waals surface area contributed by atoms with Crippen LogP contribution in [0.2, 0.25) is 0 Å². The number of methoxy groups -OCH3 is 1. The summed E-state index contributed by atoms with van der Waals surface area (Å²) in [4.78, 5) is 35.1. The zero-order chi connectivity index (χ0) is 27.9. The second kappa shape index (κ2) is 11.0. The second-order valence-electron chi connectivity index (χ2n) is 12.5. The molecule has 0 radical (unpaired) electrons. The normalized spacial score (nSPS) is 30.9. The van der Waals surface area contributed by atoms with Gasteiger partial charge in [-0.3, -0.25) is 14.6 Å². The molecule has 5 atom stereocenters. The van der Waals surface area contributed by atoms with Gasteiger partial charge >= 0.3 is 6.18 Å². The van der Waals surface area contributed by atoms with Crippen molar-refractivity contribution in [2.75, 3.05) is 40.0 Å². The number of ether oxygens (including phenoxy) is 2. The lowest BCUT2D eigenvalue weighted by molar-refractivity contribution is -0.144. The minimum absolute atomic E-state index is 0.0202. The summed E-state index contributed by atoms with van der Waals surface area (Å²) in [6.07, 6.45) is 0.762. The summed E-state index contributed by atoms with van der Waals surface area (Å²) in [5, 5.41) is 0. The van der Waals surface area contributed by atoms with E-state index >= 15 is 0 Å². The van der Waals surface area contributed by atoms with Crippen LogP contribution >= 0.6 is 0 Å². The minimum Gasteiger partial charge on any atom is -0.379 e. The molecule has 0 N–H and O–H groups in total. The lowest BCUT2D eigenvalue weighted by atomic mass is 9.78. The minimum atomic E-state index is -4.48. The maximum Gasteiger partial charge on any atom is 0.417 e. The highest BCUT2D eigenvalue weighted by Gasteiger charge is 2.59. The van der Waals surface area contributed by atoms with Crippen molar-refractivity contribution >= 4 is 11.8 Å². The van der Waals surface area contributed by atoms with Gasteiger partial charge in [-0.05, 0) is 61.0 Å². The molecule has 2 unspecified atom stereocenters. The van der Waals surface area contributed by atoms with E-state index in [0.717, 1.165) is 31.5 Å². The summed E-state index contributed by atoms with van der Waals surface area (Å²) in [5.74, 6) is 1.03. The number of halogens is 3. The van der Waals surface area contributed by atoms with Crippen LogP contribution in [-0.4, -0.2) is 72.7 Å². The molecule has 5 rings (SSSR count). The fourth-order valence-electron chi connectivity index (χ4n) is 7.47. The van der Waals surface area contributed by atoms with Gasteiger partial charge in [0.2, 0.25) is 11.8 Å². The molecule has 2 amide bonds. The van der Waals surface area contributed by atoms with E-state index in [0.29, 0.717) is 75.2 Å². The molecule has 2 saturated heterocycles. The van der Waals surface area contributed by atoms with Crippen LogP contribution in [0.25, 0.3) is 0 Å². The predicted molar refractivity (Wildman–Crippen MR) is 137 cm³/mol. The monoisotopic (exact) mass is 551 g/mol. The molecule has 3 fully saturated rings. The largest absolute Gasteiger partial charge is 0.417 e. The first-order valence-electron chi connectivity index (χ1n) is 14.2. The van der Waals surface area contributed by atoms with Crippen LogP contribution < -0.4 is 0 Å². The van der Waals surface area contributed by atoms with E-state index in [1.807, 2.05) is 18.7 Å². The average molecular weight is 552 g/mol. The zero-order valence-electron chi connectivity index (χ0n) is 23.1. The number of likely N-dealkylation sites (tertiary alicyclic amines) is 1. The third-order valence-corrected chi connectivity index (χ3v) is 9.36. The van der Waals surface area contributed by atoms with Crippen LogP contribution in [0, 0.1) is 29.1 Å². The lowest BCUT2D eigenvalue weighted by Gasteiger charge is -2.37. The summed E-state index contributed by atoms with van der Waals surface area (Å²) in [5.41, 5.74) is -0.404. The number of carbonyl (C=O) groups is 2. The van der Waals surface area contributed by atoms with Gasteiger partial charge in [-0.15, -0.1) is 0 Å². The number of pyridine rings is 1. The van der Waals surface area contributed by atoms with Gasteiger partial charge in [-0.1, -0.05) is 13.8 Å². The van der Waals surface area contributed by atoms with E-state index in [9.17, 15) is 22.8 Å². The quantitative estimate of drug-likeness (QED) is 0.527. The highest BCUT2D eigenvalue weighted by molar-refractivity contribution is 5.86. The first-order valence-corrected chi connectivity index (χ1v) is 14.2. The van der Waals surface area contributed by atoms with Gasteiger partial charge in [0.05, 0.1) is 23.7 Å². The van der Waals surface area contributed by atoms with Crippen LogP contribution in [-0.2, 0) is 38.2 Å². The SMILES string of the molecule is COC1COCCC1C[C@@H]1C[C@H]2CN(C(=O)CC(C)C)C[C@@]2(C(=O)N2CCc3ncc(C(F)(F)F)cc3C2)C1. The molecule has 7 nitrogen and oxygen atoms in total. The van der Waals surface area contributed by atoms with Gasteiger partial charge in [-0.25, -0.2) is 0 Å². The average Bonchev–Trinajstić information content (AvgIpc) is 3.42. The van der Waals surface area contributed by atoms with Crippen LogP contribution in [0.4, 0.5) is 13.2 Å². The van der Waals surface area contributed by atoms with Gasteiger partial charge < -0.3 is 19.3 Å². The van der Waals surface area contributed by atoms with Gasteiger partial charge in [0.1, 0.15) is 0 Å². The fraction of sp³-hybridized carbons (Fsp3) is 0.759. The highest BCUT2D eigenvalue weighted by Crippen LogP contribution is 2.54. The Morgan fingerprint density at radius 3 is 2.79 bits per heavy atom. The topological polar surface area (TPSA) is 72.0 Å². The summed E-state index contributed by atoms with van der Waals surface area (Å²) in [6.45, 7) is 6.83. The van der Waals surface area contributed by atoms with E-state index in [-0.39, 0.29) is 36.3 Å². The number of nitrogens with zero attached hydrogens (tertiary/aromatic N) is 3. The van der Waals surface area contributed by atoms with Crippen LogP contribution in [0.15, 0.2) is 12.3 Å². The predicted octanol–water partition coefficient (Wildman–Crippen LogP) is 4.33. The van der Waals surface area contributed by atoms with Gasteiger partial charge in [0.25, 0.3) is 0 Å². The van der Waals surface area contributed by atoms with Crippen molar-refractivity contribution in [2.45, 2.75) is 71.2 Å². The Morgan fingerprint density at radius 2 is 2.08 bits per heavy atom. The van der Waals surface area contributed by atoms with Crippen molar-refractivity contribution in [2.24, 2.45) is 29.1 Å². The molecule has 0 spiro atoms. The summed E-state index contributed by atoms with van der Waals surface area (Å²) in [7, 11) is 1.71. The Hall–Kier alpha value is -2.20. The second-order valence-corrected chi connectivity index (χ2v) is 12.5. The molecule has 0 aromatic carbocycles. The van der Waals surface area contributed by atoms with Crippen LogP contribution in [0.5, 0.6) is 0 Å². The number of hydrogen-bond acceptors (Lipinski definition) is 5. The van der Waals surface area contributed by atoms with E-state index in [1.165, 1.54) is 0 Å². The Bertz CT molecular complexity index is 1080. The lowest BCUT2D eigenvalue weighted by Crippen LogP contribution is -2.49. The number of alkyl halides is 3. The summed E-state index contributed by atoms with van der Waals surface area (Å²) in [6, 6.07) is 1.14. The molecule has 1 aromatic heterocycles. The highest BCUT2D eigenvalue weighted by atomic mass is 19.4. The number of hydrogen-bond donors (Lipinski definition) is 0. The van der Waals surface area contributed by atoms with Crippen molar-refractivity contribution in [3.05, 3.63) is 29.1 Å². The van der Waals surface area contributed by atoms with Crippen molar-refractivity contribution in [3.8, 4) is 0 Å². The van der Waals surface area contributed by atoms with Crippen molar-refractivity contribution < 1.29 is 32.2 Å². The Kier molecular flexibility index (Phi) is 7.99. The molecule has 0 bridgehead atoms. The Labute approximate surface area is 228 Å². The third kappa shape index (κ3) is 5.69. The van der Waals surface area contributed by atoms with E-state index in [2.05, 4.69) is 4.98 Å². The Morgan fingerprint density at radius 1 is 1.28 bits per heavy atom. The Balaban J connectivity index is 1.37. The number of rotatable bonds is 6. The first-order chi connectivity index (χ1) is 18.5. The molecule has 10 heteroatoms. The van der Waals surface area contributed by atoms with E-state index < -0.39 is 17.2 Å². The van der Waals surface area contributed by atoms with E-state index in [1.54, 1.807) is 12.0 Å². The molecule has 39 heavy (non-hydrogen) atoms. The molecule has 1 aromatic rings. The maximum atomic E-state index is 14.3. The first kappa shape index (κ1) is 28.3. The van der Waals surface area contributed by atoms with Crippen molar-refractivity contribution in [1.29, 1.82) is 0 Å². The van der Waals surface area contributed by atoms with Crippen LogP contribution in [0.1, 0.15) is 62.8 Å². The number of aromatic nitrogens is 1. The van der Waals surface area contributed by atoms with Gasteiger partial charge in [-0.2, -0.15) is 13.2 Å². The zero-order valence-corrected chi connectivity index (χ0v) is 23.1. The molecular weight excluding hydrogens is 511 g/mol. The maximum absolute atomic E-state index is 14.3. The third-order valence-electron chi connectivity index (χ3n) is 9.36. The van der Waals surface area contributed by atoms with Crippen molar-refractivity contribution in [3.63, 3.8) is 0 Å². The van der Waals surface area contributed by atoms with Gasteiger partial charge in [0, 0.05) is 64.6 Å². The number of carbonyl (C=O) groups excluding carboxylic acids is 2. The van der Waals surface area contributed by atoms with Gasteiger partial charge in [0.15, 0.2) is 0 Å². The molecule has 3 aliphatic heterocycles. The van der Waals surface area contributed by atoms with Crippen molar-refractivity contribution in [1.82, 2.24) is 14.8 Å². The molecule has 4 heterocycles. The summed E-state index contributed by atoms with van der Waals surface area (Å²) >= 11 is 0.